The lowest BCUT2D eigenvalue weighted by Gasteiger charge is -2.14. The van der Waals surface area contributed by atoms with Gasteiger partial charge < -0.3 is 10.5 Å². The molecule has 1 rings (SSSR count). The van der Waals surface area contributed by atoms with Crippen LogP contribution in [0, 0.1) is 11.7 Å². The van der Waals surface area contributed by atoms with E-state index in [4.69, 9.17) is 10.5 Å². The summed E-state index contributed by atoms with van der Waals surface area (Å²) in [5, 5.41) is 0. The molecule has 0 bridgehead atoms. The van der Waals surface area contributed by atoms with Gasteiger partial charge in [-0.25, -0.2) is 4.39 Å². The number of halogens is 1. The van der Waals surface area contributed by atoms with Crippen LogP contribution < -0.4 is 5.73 Å². The molecule has 2 nitrogen and oxygen atoms in total. The monoisotopic (exact) mass is 211 g/mol. The first kappa shape index (κ1) is 12.1. The van der Waals surface area contributed by atoms with Crippen LogP contribution in [0.1, 0.15) is 12.0 Å². The summed E-state index contributed by atoms with van der Waals surface area (Å²) in [7, 11) is 1.66. The molecule has 3 heteroatoms. The molecular formula is C12H18FNO. The average molecular weight is 211 g/mol. The molecule has 0 saturated heterocycles. The van der Waals surface area contributed by atoms with E-state index in [1.165, 1.54) is 6.07 Å². The number of nitrogens with two attached hydrogens (primary N) is 1. The number of benzene rings is 1. The Bertz CT molecular complexity index is 291. The van der Waals surface area contributed by atoms with E-state index < -0.39 is 0 Å². The zero-order valence-electron chi connectivity index (χ0n) is 9.08. The Balaban J connectivity index is 2.54. The van der Waals surface area contributed by atoms with Gasteiger partial charge >= 0.3 is 0 Å². The van der Waals surface area contributed by atoms with Crippen molar-refractivity contribution in [3.8, 4) is 0 Å². The lowest BCUT2D eigenvalue weighted by atomic mass is 9.96. The molecule has 1 aromatic carbocycles. The maximum atomic E-state index is 13.3. The SMILES string of the molecule is COCCC(CN)Cc1ccccc1F. The summed E-state index contributed by atoms with van der Waals surface area (Å²) in [6.45, 7) is 1.24. The van der Waals surface area contributed by atoms with Crippen LogP contribution >= 0.6 is 0 Å². The Morgan fingerprint density at radius 3 is 2.73 bits per heavy atom. The van der Waals surface area contributed by atoms with E-state index >= 15 is 0 Å². The predicted molar refractivity (Wildman–Crippen MR) is 59.1 cm³/mol. The third-order valence-corrected chi connectivity index (χ3v) is 2.53. The summed E-state index contributed by atoms with van der Waals surface area (Å²) in [5.74, 6) is 0.148. The van der Waals surface area contributed by atoms with E-state index in [1.54, 1.807) is 13.2 Å². The van der Waals surface area contributed by atoms with E-state index in [1.807, 2.05) is 12.1 Å². The standard InChI is InChI=1S/C12H18FNO/c1-15-7-6-10(9-14)8-11-4-2-3-5-12(11)13/h2-5,10H,6-9,14H2,1H3. The van der Waals surface area contributed by atoms with E-state index in [0.29, 0.717) is 25.5 Å². The Hall–Kier alpha value is -0.930. The zero-order chi connectivity index (χ0) is 11.1. The van der Waals surface area contributed by atoms with Gasteiger partial charge in [0.05, 0.1) is 0 Å². The molecule has 15 heavy (non-hydrogen) atoms. The summed E-state index contributed by atoms with van der Waals surface area (Å²) < 4.78 is 18.3. The highest BCUT2D eigenvalue weighted by atomic mass is 19.1. The minimum Gasteiger partial charge on any atom is -0.385 e. The van der Waals surface area contributed by atoms with Gasteiger partial charge in [-0.15, -0.1) is 0 Å². The molecule has 0 aromatic heterocycles. The molecule has 0 amide bonds. The highest BCUT2D eigenvalue weighted by molar-refractivity contribution is 5.17. The molecule has 0 aliphatic carbocycles. The lowest BCUT2D eigenvalue weighted by molar-refractivity contribution is 0.178. The van der Waals surface area contributed by atoms with Gasteiger partial charge in [-0.1, -0.05) is 18.2 Å². The number of hydrogen-bond donors (Lipinski definition) is 1. The second-order valence-electron chi connectivity index (χ2n) is 3.68. The molecule has 1 unspecified atom stereocenters. The molecule has 84 valence electrons. The summed E-state index contributed by atoms with van der Waals surface area (Å²) in [6, 6.07) is 6.85. The van der Waals surface area contributed by atoms with Gasteiger partial charge in [-0.2, -0.15) is 0 Å². The Morgan fingerprint density at radius 1 is 1.40 bits per heavy atom. The van der Waals surface area contributed by atoms with Gasteiger partial charge in [-0.3, -0.25) is 0 Å². The smallest absolute Gasteiger partial charge is 0.126 e. The van der Waals surface area contributed by atoms with Crippen LogP contribution in [0.2, 0.25) is 0 Å². The van der Waals surface area contributed by atoms with Crippen molar-refractivity contribution in [2.24, 2.45) is 11.7 Å². The molecule has 0 spiro atoms. The molecule has 0 radical (unpaired) electrons. The number of ether oxygens (including phenoxy) is 1. The Morgan fingerprint density at radius 2 is 2.13 bits per heavy atom. The molecule has 1 atom stereocenters. The van der Waals surface area contributed by atoms with Gasteiger partial charge in [0.15, 0.2) is 0 Å². The van der Waals surface area contributed by atoms with Gasteiger partial charge in [0.2, 0.25) is 0 Å². The molecule has 0 heterocycles. The molecule has 0 aliphatic heterocycles. The van der Waals surface area contributed by atoms with Crippen LogP contribution in [0.3, 0.4) is 0 Å². The molecule has 0 fully saturated rings. The first-order chi connectivity index (χ1) is 7.27. The van der Waals surface area contributed by atoms with Crippen LogP contribution in [-0.4, -0.2) is 20.3 Å². The van der Waals surface area contributed by atoms with Crippen molar-refractivity contribution < 1.29 is 9.13 Å². The lowest BCUT2D eigenvalue weighted by Crippen LogP contribution is -2.19. The van der Waals surface area contributed by atoms with Crippen LogP contribution in [0.5, 0.6) is 0 Å². The predicted octanol–water partition coefficient (Wildman–Crippen LogP) is 1.98. The topological polar surface area (TPSA) is 35.2 Å². The van der Waals surface area contributed by atoms with Crippen molar-refractivity contribution in [2.45, 2.75) is 12.8 Å². The van der Waals surface area contributed by atoms with E-state index in [-0.39, 0.29) is 5.82 Å². The largest absolute Gasteiger partial charge is 0.385 e. The zero-order valence-corrected chi connectivity index (χ0v) is 9.08. The first-order valence-corrected chi connectivity index (χ1v) is 5.20. The van der Waals surface area contributed by atoms with Crippen molar-refractivity contribution in [3.05, 3.63) is 35.6 Å². The van der Waals surface area contributed by atoms with Crippen LogP contribution in [0.15, 0.2) is 24.3 Å². The molecule has 0 saturated carbocycles. The van der Waals surface area contributed by atoms with E-state index in [2.05, 4.69) is 0 Å². The van der Waals surface area contributed by atoms with Crippen molar-refractivity contribution in [3.63, 3.8) is 0 Å². The van der Waals surface area contributed by atoms with Gasteiger partial charge in [0.1, 0.15) is 5.82 Å². The van der Waals surface area contributed by atoms with E-state index in [9.17, 15) is 4.39 Å². The van der Waals surface area contributed by atoms with Crippen molar-refractivity contribution in [2.75, 3.05) is 20.3 Å². The van der Waals surface area contributed by atoms with Crippen LogP contribution in [0.4, 0.5) is 4.39 Å². The van der Waals surface area contributed by atoms with Crippen molar-refractivity contribution >= 4 is 0 Å². The molecule has 0 aliphatic rings. The number of hydrogen-bond acceptors (Lipinski definition) is 2. The highest BCUT2D eigenvalue weighted by Gasteiger charge is 2.10. The first-order valence-electron chi connectivity index (χ1n) is 5.20. The quantitative estimate of drug-likeness (QED) is 0.781. The van der Waals surface area contributed by atoms with Gasteiger partial charge in [-0.05, 0) is 36.9 Å². The summed E-state index contributed by atoms with van der Waals surface area (Å²) in [5.41, 5.74) is 6.37. The normalized spacial score (nSPS) is 12.7. The van der Waals surface area contributed by atoms with Gasteiger partial charge in [0, 0.05) is 13.7 Å². The fourth-order valence-electron chi connectivity index (χ4n) is 1.56. The third-order valence-electron chi connectivity index (χ3n) is 2.53. The number of methoxy groups -OCH3 is 1. The average Bonchev–Trinajstić information content (AvgIpc) is 2.26. The summed E-state index contributed by atoms with van der Waals surface area (Å²) in [4.78, 5) is 0. The maximum absolute atomic E-state index is 13.3. The molecular weight excluding hydrogens is 193 g/mol. The highest BCUT2D eigenvalue weighted by Crippen LogP contribution is 2.14. The summed E-state index contributed by atoms with van der Waals surface area (Å²) in [6.07, 6.45) is 1.56. The minimum absolute atomic E-state index is 0.145. The fourth-order valence-corrected chi connectivity index (χ4v) is 1.56. The van der Waals surface area contributed by atoms with Gasteiger partial charge in [0.25, 0.3) is 0 Å². The van der Waals surface area contributed by atoms with Crippen molar-refractivity contribution in [1.82, 2.24) is 0 Å². The maximum Gasteiger partial charge on any atom is 0.126 e. The van der Waals surface area contributed by atoms with E-state index in [0.717, 1.165) is 12.0 Å². The summed E-state index contributed by atoms with van der Waals surface area (Å²) >= 11 is 0. The number of rotatable bonds is 6. The third kappa shape index (κ3) is 3.98. The van der Waals surface area contributed by atoms with Crippen molar-refractivity contribution in [1.29, 1.82) is 0 Å². The Kier molecular flexibility index (Phi) is 5.29. The Labute approximate surface area is 90.2 Å². The fraction of sp³-hybridized carbons (Fsp3) is 0.500. The van der Waals surface area contributed by atoms with Crippen LogP contribution in [0.25, 0.3) is 0 Å². The minimum atomic E-state index is -0.145. The molecule has 1 aromatic rings. The second-order valence-corrected chi connectivity index (χ2v) is 3.68. The van der Waals surface area contributed by atoms with Crippen LogP contribution in [-0.2, 0) is 11.2 Å². The second kappa shape index (κ2) is 6.53. The molecule has 2 N–H and O–H groups in total.